The fraction of sp³-hybridized carbons (Fsp3) is 0.158. The minimum Gasteiger partial charge on any atom is -0.481 e. The van der Waals surface area contributed by atoms with E-state index in [1.807, 2.05) is 42.1 Å². The number of amides is 1. The van der Waals surface area contributed by atoms with Crippen LogP contribution in [0.1, 0.15) is 33.4 Å². The van der Waals surface area contributed by atoms with Crippen LogP contribution in [0.3, 0.4) is 0 Å². The van der Waals surface area contributed by atoms with Crippen molar-refractivity contribution in [2.45, 2.75) is 12.0 Å². The van der Waals surface area contributed by atoms with Gasteiger partial charge in [0.05, 0.1) is 6.04 Å². The Kier molecular flexibility index (Phi) is 3.16. The molecule has 2 atom stereocenters. The van der Waals surface area contributed by atoms with Gasteiger partial charge in [-0.3, -0.25) is 9.59 Å². The molecule has 2 aromatic carbocycles. The van der Waals surface area contributed by atoms with Crippen molar-refractivity contribution in [1.82, 2.24) is 9.88 Å². The third-order valence-electron chi connectivity index (χ3n) is 4.69. The van der Waals surface area contributed by atoms with Gasteiger partial charge >= 0.3 is 5.97 Å². The maximum absolute atomic E-state index is 12.5. The Balaban J connectivity index is 1.94. The highest BCUT2D eigenvalue weighted by atomic mass is 16.4. The zero-order chi connectivity index (χ0) is 16.8. The molecule has 1 aliphatic rings. The number of carboxylic acids is 1. The summed E-state index contributed by atoms with van der Waals surface area (Å²) in [6.07, 6.45) is 1.90. The molecule has 0 radical (unpaired) electrons. The van der Waals surface area contributed by atoms with Crippen molar-refractivity contribution in [2.24, 2.45) is 7.05 Å². The largest absolute Gasteiger partial charge is 0.481 e. The molecule has 24 heavy (non-hydrogen) atoms. The number of benzene rings is 2. The number of hydrogen-bond acceptors (Lipinski definition) is 2. The molecule has 1 aromatic heterocycles. The van der Waals surface area contributed by atoms with E-state index >= 15 is 0 Å². The predicted octanol–water partition coefficient (Wildman–Crippen LogP) is 2.83. The number of carbonyl (C=O) groups excluding carboxylic acids is 1. The number of para-hydroxylation sites is 1. The third kappa shape index (κ3) is 2.01. The van der Waals surface area contributed by atoms with E-state index in [0.29, 0.717) is 11.1 Å². The number of aromatic nitrogens is 1. The zero-order valence-electron chi connectivity index (χ0n) is 13.1. The van der Waals surface area contributed by atoms with Gasteiger partial charge in [0.25, 0.3) is 5.91 Å². The predicted molar refractivity (Wildman–Crippen MR) is 89.9 cm³/mol. The highest BCUT2D eigenvalue weighted by Crippen LogP contribution is 2.40. The maximum Gasteiger partial charge on any atom is 0.313 e. The van der Waals surface area contributed by atoms with Crippen molar-refractivity contribution in [1.29, 1.82) is 0 Å². The minimum atomic E-state index is -0.944. The lowest BCUT2D eigenvalue weighted by molar-refractivity contribution is -0.139. The molecule has 0 saturated heterocycles. The number of carboxylic acid groups (broad SMARTS) is 1. The molecule has 120 valence electrons. The summed E-state index contributed by atoms with van der Waals surface area (Å²) in [5.41, 5.74) is 2.82. The second kappa shape index (κ2) is 5.23. The summed E-state index contributed by atoms with van der Waals surface area (Å²) in [6.45, 7) is 0. The zero-order valence-corrected chi connectivity index (χ0v) is 13.1. The van der Waals surface area contributed by atoms with E-state index in [-0.39, 0.29) is 5.91 Å². The molecular formula is C19H16N2O3. The quantitative estimate of drug-likeness (QED) is 0.763. The first-order valence-electron chi connectivity index (χ1n) is 7.74. The van der Waals surface area contributed by atoms with Crippen LogP contribution in [0, 0.1) is 0 Å². The number of fused-ring (bicyclic) bond motifs is 2. The van der Waals surface area contributed by atoms with E-state index in [4.69, 9.17) is 0 Å². The Morgan fingerprint density at radius 3 is 2.58 bits per heavy atom. The van der Waals surface area contributed by atoms with E-state index in [0.717, 1.165) is 16.5 Å². The van der Waals surface area contributed by atoms with Crippen LogP contribution in [-0.2, 0) is 11.8 Å². The topological polar surface area (TPSA) is 71.3 Å². The molecule has 0 aliphatic carbocycles. The average molecular weight is 320 g/mol. The molecule has 0 bridgehead atoms. The molecule has 5 heteroatoms. The number of rotatable bonds is 2. The summed E-state index contributed by atoms with van der Waals surface area (Å²) in [6, 6.07) is 14.1. The van der Waals surface area contributed by atoms with Crippen LogP contribution in [0.2, 0.25) is 0 Å². The van der Waals surface area contributed by atoms with Crippen molar-refractivity contribution < 1.29 is 14.7 Å². The molecule has 5 nitrogen and oxygen atoms in total. The second-order valence-electron chi connectivity index (χ2n) is 6.07. The van der Waals surface area contributed by atoms with Crippen molar-refractivity contribution in [2.75, 3.05) is 0 Å². The molecule has 1 amide bonds. The van der Waals surface area contributed by atoms with Crippen molar-refractivity contribution in [3.05, 3.63) is 71.4 Å². The molecule has 4 rings (SSSR count). The fourth-order valence-electron chi connectivity index (χ4n) is 3.61. The van der Waals surface area contributed by atoms with E-state index in [1.165, 1.54) is 0 Å². The van der Waals surface area contributed by atoms with Crippen LogP contribution in [-0.4, -0.2) is 21.6 Å². The Morgan fingerprint density at radius 1 is 1.08 bits per heavy atom. The minimum absolute atomic E-state index is 0.235. The maximum atomic E-state index is 12.5. The Morgan fingerprint density at radius 2 is 1.79 bits per heavy atom. The SMILES string of the molecule is Cn1cc(C2NC(=O)c3ccccc3C2C(=O)O)c2ccccc21. The van der Waals surface area contributed by atoms with Gasteiger partial charge in [-0.05, 0) is 17.7 Å². The Labute approximate surface area is 138 Å². The average Bonchev–Trinajstić information content (AvgIpc) is 2.92. The first-order valence-corrected chi connectivity index (χ1v) is 7.74. The van der Waals surface area contributed by atoms with Gasteiger partial charge < -0.3 is 15.0 Å². The molecule has 2 heterocycles. The normalized spacial score (nSPS) is 19.8. The van der Waals surface area contributed by atoms with Crippen molar-refractivity contribution in [3.8, 4) is 0 Å². The first kappa shape index (κ1) is 14.5. The lowest BCUT2D eigenvalue weighted by Gasteiger charge is -2.31. The van der Waals surface area contributed by atoms with Gasteiger partial charge in [-0.1, -0.05) is 36.4 Å². The number of nitrogens with zero attached hydrogens (tertiary/aromatic N) is 1. The van der Waals surface area contributed by atoms with Gasteiger partial charge in [0, 0.05) is 35.3 Å². The lowest BCUT2D eigenvalue weighted by Crippen LogP contribution is -2.41. The summed E-state index contributed by atoms with van der Waals surface area (Å²) >= 11 is 0. The summed E-state index contributed by atoms with van der Waals surface area (Å²) in [7, 11) is 1.92. The number of aliphatic carboxylic acids is 1. The third-order valence-corrected chi connectivity index (χ3v) is 4.69. The van der Waals surface area contributed by atoms with Crippen LogP contribution in [0.15, 0.2) is 54.7 Å². The van der Waals surface area contributed by atoms with Gasteiger partial charge in [0.1, 0.15) is 5.92 Å². The van der Waals surface area contributed by atoms with E-state index in [9.17, 15) is 14.7 Å². The Hall–Kier alpha value is -3.08. The van der Waals surface area contributed by atoms with Crippen LogP contribution in [0.5, 0.6) is 0 Å². The summed E-state index contributed by atoms with van der Waals surface area (Å²) in [5, 5.41) is 13.7. The molecular weight excluding hydrogens is 304 g/mol. The van der Waals surface area contributed by atoms with Crippen molar-refractivity contribution >= 4 is 22.8 Å². The smallest absolute Gasteiger partial charge is 0.313 e. The highest BCUT2D eigenvalue weighted by Gasteiger charge is 2.40. The number of carbonyl (C=O) groups is 2. The standard InChI is InChI=1S/C19H16N2O3/c1-21-10-14(11-6-4-5-9-15(11)21)17-16(19(23)24)12-7-2-3-8-13(12)18(22)20-17/h2-10,16-17H,1H3,(H,20,22)(H,23,24). The highest BCUT2D eigenvalue weighted by molar-refractivity contribution is 6.01. The molecule has 1 aliphatic heterocycles. The monoisotopic (exact) mass is 320 g/mol. The number of nitrogens with one attached hydrogen (secondary N) is 1. The number of aryl methyl sites for hydroxylation is 1. The van der Waals surface area contributed by atoms with Gasteiger partial charge in [0.15, 0.2) is 0 Å². The van der Waals surface area contributed by atoms with Crippen LogP contribution < -0.4 is 5.32 Å². The van der Waals surface area contributed by atoms with Crippen LogP contribution >= 0.6 is 0 Å². The van der Waals surface area contributed by atoms with Gasteiger partial charge in [-0.25, -0.2) is 0 Å². The summed E-state index contributed by atoms with van der Waals surface area (Å²) < 4.78 is 1.95. The van der Waals surface area contributed by atoms with Gasteiger partial charge in [-0.15, -0.1) is 0 Å². The second-order valence-corrected chi connectivity index (χ2v) is 6.07. The fourth-order valence-corrected chi connectivity index (χ4v) is 3.61. The molecule has 2 unspecified atom stereocenters. The van der Waals surface area contributed by atoms with Gasteiger partial charge in [-0.2, -0.15) is 0 Å². The molecule has 0 saturated carbocycles. The summed E-state index contributed by atoms with van der Waals surface area (Å²) in [5.74, 6) is -1.99. The van der Waals surface area contributed by atoms with E-state index < -0.39 is 17.9 Å². The van der Waals surface area contributed by atoms with Gasteiger partial charge in [0.2, 0.25) is 0 Å². The molecule has 3 aromatic rings. The lowest BCUT2D eigenvalue weighted by atomic mass is 9.81. The Bertz CT molecular complexity index is 974. The van der Waals surface area contributed by atoms with Crippen LogP contribution in [0.25, 0.3) is 10.9 Å². The molecule has 2 N–H and O–H groups in total. The van der Waals surface area contributed by atoms with E-state index in [2.05, 4.69) is 5.32 Å². The van der Waals surface area contributed by atoms with E-state index in [1.54, 1.807) is 24.3 Å². The van der Waals surface area contributed by atoms with Crippen LogP contribution in [0.4, 0.5) is 0 Å². The first-order chi connectivity index (χ1) is 11.6. The molecule has 0 spiro atoms. The van der Waals surface area contributed by atoms with Crippen molar-refractivity contribution in [3.63, 3.8) is 0 Å². The summed E-state index contributed by atoms with van der Waals surface area (Å²) in [4.78, 5) is 24.5. The number of hydrogen-bond donors (Lipinski definition) is 2. The molecule has 0 fully saturated rings.